The summed E-state index contributed by atoms with van der Waals surface area (Å²) in [5, 5.41) is 5.78. The molecule has 0 bridgehead atoms. The first-order valence-corrected chi connectivity index (χ1v) is 8.98. The molecule has 0 unspecified atom stereocenters. The Kier molecular flexibility index (Phi) is 7.10. The van der Waals surface area contributed by atoms with Gasteiger partial charge in [0.25, 0.3) is 0 Å². The summed E-state index contributed by atoms with van der Waals surface area (Å²) in [6.07, 6.45) is 1.59. The molecule has 0 saturated carbocycles. The lowest BCUT2D eigenvalue weighted by molar-refractivity contribution is -0.135. The fourth-order valence-corrected chi connectivity index (χ4v) is 2.81. The molecule has 25 heavy (non-hydrogen) atoms. The van der Waals surface area contributed by atoms with Crippen molar-refractivity contribution in [1.82, 2.24) is 15.5 Å². The lowest BCUT2D eigenvalue weighted by atomic mass is 10.0. The highest BCUT2D eigenvalue weighted by atomic mass is 16.5. The van der Waals surface area contributed by atoms with Crippen LogP contribution in [0.4, 0.5) is 4.79 Å². The molecule has 6 nitrogen and oxygen atoms in total. The lowest BCUT2D eigenvalue weighted by Crippen LogP contribution is -2.50. The highest BCUT2D eigenvalue weighted by Gasteiger charge is 2.24. The first-order valence-electron chi connectivity index (χ1n) is 8.98. The average molecular weight is 347 g/mol. The van der Waals surface area contributed by atoms with Gasteiger partial charge in [-0.3, -0.25) is 4.79 Å². The van der Waals surface area contributed by atoms with Crippen LogP contribution in [0.3, 0.4) is 0 Å². The van der Waals surface area contributed by atoms with Crippen molar-refractivity contribution in [1.29, 1.82) is 0 Å². The fourth-order valence-electron chi connectivity index (χ4n) is 2.81. The Balaban J connectivity index is 1.60. The number of rotatable bonds is 6. The van der Waals surface area contributed by atoms with Crippen LogP contribution in [0.15, 0.2) is 24.3 Å². The van der Waals surface area contributed by atoms with Crippen molar-refractivity contribution in [3.63, 3.8) is 0 Å². The zero-order valence-corrected chi connectivity index (χ0v) is 15.4. The van der Waals surface area contributed by atoms with Crippen molar-refractivity contribution >= 4 is 11.9 Å². The minimum Gasteiger partial charge on any atom is -0.492 e. The summed E-state index contributed by atoms with van der Waals surface area (Å²) in [7, 11) is 0. The number of carbonyl (C=O) groups is 2. The average Bonchev–Trinajstić information content (AvgIpc) is 2.60. The van der Waals surface area contributed by atoms with Crippen LogP contribution in [-0.4, -0.2) is 49.1 Å². The third-order valence-electron chi connectivity index (χ3n) is 4.31. The first-order chi connectivity index (χ1) is 12.0. The number of hydrogen-bond donors (Lipinski definition) is 2. The van der Waals surface area contributed by atoms with E-state index in [1.807, 2.05) is 49.9 Å². The summed E-state index contributed by atoms with van der Waals surface area (Å²) >= 11 is 0. The van der Waals surface area contributed by atoms with E-state index in [1.165, 1.54) is 5.56 Å². The number of benzene rings is 1. The van der Waals surface area contributed by atoms with Crippen molar-refractivity contribution in [2.24, 2.45) is 5.92 Å². The Bertz CT molecular complexity index is 564. The molecule has 1 fully saturated rings. The summed E-state index contributed by atoms with van der Waals surface area (Å²) < 4.78 is 5.58. The van der Waals surface area contributed by atoms with Gasteiger partial charge in [-0.2, -0.15) is 0 Å². The van der Waals surface area contributed by atoms with Crippen LogP contribution in [0.2, 0.25) is 0 Å². The third-order valence-corrected chi connectivity index (χ3v) is 4.31. The summed E-state index contributed by atoms with van der Waals surface area (Å²) in [5.74, 6) is 1.02. The number of nitrogens with one attached hydrogen (secondary N) is 2. The van der Waals surface area contributed by atoms with E-state index in [1.54, 1.807) is 0 Å². The molecule has 0 aliphatic carbocycles. The van der Waals surface area contributed by atoms with Crippen LogP contribution in [-0.2, 0) is 4.79 Å². The number of amides is 3. The lowest BCUT2D eigenvalue weighted by Gasteiger charge is -2.33. The maximum atomic E-state index is 11.9. The van der Waals surface area contributed by atoms with E-state index in [-0.39, 0.29) is 23.9 Å². The van der Waals surface area contributed by atoms with Gasteiger partial charge < -0.3 is 20.3 Å². The van der Waals surface area contributed by atoms with Crippen molar-refractivity contribution in [3.8, 4) is 5.75 Å². The van der Waals surface area contributed by atoms with Gasteiger partial charge in [0, 0.05) is 25.0 Å². The minimum absolute atomic E-state index is 0.0290. The van der Waals surface area contributed by atoms with Crippen LogP contribution in [0.5, 0.6) is 5.75 Å². The van der Waals surface area contributed by atoms with Crippen LogP contribution in [0.1, 0.15) is 32.3 Å². The monoisotopic (exact) mass is 347 g/mol. The van der Waals surface area contributed by atoms with Crippen LogP contribution in [0.25, 0.3) is 0 Å². The molecular weight excluding hydrogens is 318 g/mol. The van der Waals surface area contributed by atoms with Crippen molar-refractivity contribution in [2.45, 2.75) is 39.7 Å². The van der Waals surface area contributed by atoms with Crippen LogP contribution >= 0.6 is 0 Å². The van der Waals surface area contributed by atoms with Crippen LogP contribution in [0, 0.1) is 12.8 Å². The molecule has 6 heteroatoms. The topological polar surface area (TPSA) is 70.7 Å². The normalized spacial score (nSPS) is 15.1. The molecule has 1 aromatic carbocycles. The molecular formula is C19H29N3O3. The molecule has 1 aliphatic rings. The second-order valence-corrected chi connectivity index (χ2v) is 6.82. The van der Waals surface area contributed by atoms with E-state index >= 15 is 0 Å². The Morgan fingerprint density at radius 1 is 1.20 bits per heavy atom. The number of piperidine rings is 1. The van der Waals surface area contributed by atoms with Gasteiger partial charge in [0.2, 0.25) is 5.91 Å². The fraction of sp³-hybridized carbons (Fsp3) is 0.579. The molecule has 2 N–H and O–H groups in total. The number of nitrogens with zero attached hydrogens (tertiary/aromatic N) is 1. The Morgan fingerprint density at radius 2 is 1.84 bits per heavy atom. The number of carbonyl (C=O) groups excluding carboxylic acids is 2. The maximum Gasteiger partial charge on any atom is 0.315 e. The first kappa shape index (κ1) is 19.1. The van der Waals surface area contributed by atoms with Crippen molar-refractivity contribution in [2.75, 3.05) is 26.2 Å². The molecule has 1 aliphatic heterocycles. The van der Waals surface area contributed by atoms with Crippen molar-refractivity contribution < 1.29 is 14.3 Å². The largest absolute Gasteiger partial charge is 0.492 e. The molecule has 0 aromatic heterocycles. The highest BCUT2D eigenvalue weighted by molar-refractivity contribution is 5.78. The van der Waals surface area contributed by atoms with Gasteiger partial charge >= 0.3 is 6.03 Å². The van der Waals surface area contributed by atoms with Gasteiger partial charge in [0.1, 0.15) is 12.4 Å². The van der Waals surface area contributed by atoms with Gasteiger partial charge in [-0.15, -0.1) is 0 Å². The van der Waals surface area contributed by atoms with E-state index in [2.05, 4.69) is 10.6 Å². The van der Waals surface area contributed by atoms with Crippen LogP contribution < -0.4 is 15.4 Å². The molecule has 0 spiro atoms. The number of likely N-dealkylation sites (tertiary alicyclic amines) is 1. The van der Waals surface area contributed by atoms with Gasteiger partial charge in [-0.05, 0) is 31.9 Å². The smallest absolute Gasteiger partial charge is 0.315 e. The molecule has 1 heterocycles. The predicted molar refractivity (Wildman–Crippen MR) is 97.6 cm³/mol. The molecule has 3 amide bonds. The molecule has 0 atom stereocenters. The van der Waals surface area contributed by atoms with Crippen molar-refractivity contribution in [3.05, 3.63) is 29.8 Å². The number of ether oxygens (including phenoxy) is 1. The SMILES string of the molecule is Cc1ccc(OCCNC(=O)NC2CCN(C(=O)C(C)C)CC2)cc1. The van der Waals surface area contributed by atoms with E-state index < -0.39 is 0 Å². The van der Waals surface area contributed by atoms with E-state index in [0.717, 1.165) is 18.6 Å². The van der Waals surface area contributed by atoms with E-state index in [9.17, 15) is 9.59 Å². The maximum absolute atomic E-state index is 11.9. The summed E-state index contributed by atoms with van der Waals surface area (Å²) in [6.45, 7) is 8.15. The molecule has 1 aromatic rings. The quantitative estimate of drug-likeness (QED) is 0.776. The highest BCUT2D eigenvalue weighted by Crippen LogP contribution is 2.13. The zero-order valence-electron chi connectivity index (χ0n) is 15.4. The number of hydrogen-bond acceptors (Lipinski definition) is 3. The van der Waals surface area contributed by atoms with E-state index in [0.29, 0.717) is 26.2 Å². The predicted octanol–water partition coefficient (Wildman–Crippen LogP) is 2.32. The van der Waals surface area contributed by atoms with E-state index in [4.69, 9.17) is 4.74 Å². The Morgan fingerprint density at radius 3 is 2.44 bits per heavy atom. The summed E-state index contributed by atoms with van der Waals surface area (Å²) in [6, 6.07) is 7.76. The second kappa shape index (κ2) is 9.30. The molecule has 0 radical (unpaired) electrons. The van der Waals surface area contributed by atoms with Gasteiger partial charge in [0.05, 0.1) is 6.54 Å². The summed E-state index contributed by atoms with van der Waals surface area (Å²) in [5.41, 5.74) is 1.19. The van der Waals surface area contributed by atoms with Gasteiger partial charge in [0.15, 0.2) is 0 Å². The summed E-state index contributed by atoms with van der Waals surface area (Å²) in [4.78, 5) is 25.8. The zero-order chi connectivity index (χ0) is 18.2. The third kappa shape index (κ3) is 6.29. The number of aryl methyl sites for hydroxylation is 1. The minimum atomic E-state index is -0.179. The number of urea groups is 1. The standard InChI is InChI=1S/C19H29N3O3/c1-14(2)18(23)22-11-8-16(9-12-22)21-19(24)20-10-13-25-17-6-4-15(3)5-7-17/h4-7,14,16H,8-13H2,1-3H3,(H2,20,21,24). The molecule has 2 rings (SSSR count). The molecule has 138 valence electrons. The van der Waals surface area contributed by atoms with Gasteiger partial charge in [-0.25, -0.2) is 4.79 Å². The van der Waals surface area contributed by atoms with Gasteiger partial charge in [-0.1, -0.05) is 31.5 Å². The molecule has 1 saturated heterocycles. The Labute approximate surface area is 149 Å². The Hall–Kier alpha value is -2.24. The second-order valence-electron chi connectivity index (χ2n) is 6.82.